The van der Waals surface area contributed by atoms with Gasteiger partial charge in [0.25, 0.3) is 0 Å². The number of methoxy groups -OCH3 is 1. The molecule has 0 aliphatic heterocycles. The number of aromatic nitrogens is 2. The van der Waals surface area contributed by atoms with Crippen molar-refractivity contribution < 1.29 is 13.9 Å². The monoisotopic (exact) mass is 366 g/mol. The molecule has 4 aromatic rings. The van der Waals surface area contributed by atoms with Gasteiger partial charge in [0.2, 0.25) is 0 Å². The minimum absolute atomic E-state index is 0.295. The highest BCUT2D eigenvalue weighted by Gasteiger charge is 2.19. The molecule has 0 N–H and O–H groups in total. The lowest BCUT2D eigenvalue weighted by Gasteiger charge is -2.07. The third-order valence-corrected chi connectivity index (χ3v) is 5.14. The van der Waals surface area contributed by atoms with Crippen LogP contribution in [0, 0.1) is 12.7 Å². The fraction of sp³-hybridized carbons (Fsp3) is 0.100. The van der Waals surface area contributed by atoms with Crippen LogP contribution in [0.15, 0.2) is 47.8 Å². The zero-order chi connectivity index (χ0) is 18.3. The molecule has 4 nitrogen and oxygen atoms in total. The average Bonchev–Trinajstić information content (AvgIpc) is 3.21. The summed E-state index contributed by atoms with van der Waals surface area (Å²) in [4.78, 5) is 17.2. The molecule has 0 unspecified atom stereocenters. The van der Waals surface area contributed by atoms with Crippen LogP contribution in [0.25, 0.3) is 27.5 Å². The van der Waals surface area contributed by atoms with Crippen molar-refractivity contribution in [2.75, 3.05) is 7.11 Å². The van der Waals surface area contributed by atoms with Gasteiger partial charge in [-0.1, -0.05) is 0 Å². The van der Waals surface area contributed by atoms with Gasteiger partial charge in [-0.25, -0.2) is 9.37 Å². The van der Waals surface area contributed by atoms with Crippen LogP contribution in [0.5, 0.6) is 5.75 Å². The molecule has 0 aliphatic carbocycles. The van der Waals surface area contributed by atoms with Crippen molar-refractivity contribution in [1.29, 1.82) is 0 Å². The van der Waals surface area contributed by atoms with E-state index >= 15 is 0 Å². The number of hydrogen-bond donors (Lipinski definition) is 0. The lowest BCUT2D eigenvalue weighted by molar-refractivity contribution is 0.111. The van der Waals surface area contributed by atoms with Crippen molar-refractivity contribution in [1.82, 2.24) is 9.38 Å². The Morgan fingerprint density at radius 2 is 1.88 bits per heavy atom. The van der Waals surface area contributed by atoms with Gasteiger partial charge >= 0.3 is 0 Å². The molecule has 0 aliphatic rings. The second-order valence-electron chi connectivity index (χ2n) is 5.89. The first kappa shape index (κ1) is 16.5. The van der Waals surface area contributed by atoms with Crippen LogP contribution in [-0.2, 0) is 0 Å². The van der Waals surface area contributed by atoms with Crippen molar-refractivity contribution in [3.05, 3.63) is 64.9 Å². The molecule has 130 valence electrons. The minimum Gasteiger partial charge on any atom is -0.496 e. The standard InChI is InChI=1S/C20H15FN2O2S/c1-12-9-14(5-8-18(12)25-2)19-16(10-24)23-17(11-26-20(23)22-19)13-3-6-15(21)7-4-13/h3-11H,1-2H3. The van der Waals surface area contributed by atoms with E-state index in [1.165, 1.54) is 23.5 Å². The average molecular weight is 366 g/mol. The normalized spacial score (nSPS) is 11.0. The van der Waals surface area contributed by atoms with Gasteiger partial charge in [0.15, 0.2) is 11.2 Å². The number of aryl methyl sites for hydroxylation is 1. The SMILES string of the molecule is COc1ccc(-c2nc3scc(-c4ccc(F)cc4)n3c2C=O)cc1C. The molecule has 0 saturated heterocycles. The van der Waals surface area contributed by atoms with E-state index in [4.69, 9.17) is 4.74 Å². The molecule has 26 heavy (non-hydrogen) atoms. The van der Waals surface area contributed by atoms with E-state index in [2.05, 4.69) is 4.98 Å². The largest absolute Gasteiger partial charge is 0.496 e. The zero-order valence-electron chi connectivity index (χ0n) is 14.2. The number of fused-ring (bicyclic) bond motifs is 1. The smallest absolute Gasteiger partial charge is 0.195 e. The van der Waals surface area contributed by atoms with Gasteiger partial charge < -0.3 is 4.74 Å². The third-order valence-electron chi connectivity index (χ3n) is 4.32. The molecular formula is C20H15FN2O2S. The molecular weight excluding hydrogens is 351 g/mol. The van der Waals surface area contributed by atoms with Crippen molar-refractivity contribution in [2.24, 2.45) is 0 Å². The fourth-order valence-electron chi connectivity index (χ4n) is 3.05. The Bertz CT molecular complexity index is 1110. The van der Waals surface area contributed by atoms with Crippen molar-refractivity contribution in [3.8, 4) is 28.3 Å². The number of thiazole rings is 1. The van der Waals surface area contributed by atoms with Crippen LogP contribution in [-0.4, -0.2) is 22.8 Å². The predicted octanol–water partition coefficient (Wildman–Crippen LogP) is 5.00. The molecule has 0 saturated carbocycles. The molecule has 0 radical (unpaired) electrons. The van der Waals surface area contributed by atoms with E-state index in [-0.39, 0.29) is 5.82 Å². The maximum atomic E-state index is 13.2. The Kier molecular flexibility index (Phi) is 4.05. The Morgan fingerprint density at radius 3 is 2.54 bits per heavy atom. The first-order valence-corrected chi connectivity index (χ1v) is 8.86. The zero-order valence-corrected chi connectivity index (χ0v) is 15.0. The fourth-order valence-corrected chi connectivity index (χ4v) is 3.95. The summed E-state index contributed by atoms with van der Waals surface area (Å²) in [6, 6.07) is 11.9. The number of halogens is 1. The van der Waals surface area contributed by atoms with Gasteiger partial charge in [-0.15, -0.1) is 11.3 Å². The molecule has 6 heteroatoms. The minimum atomic E-state index is -0.295. The number of carbonyl (C=O) groups is 1. The van der Waals surface area contributed by atoms with Crippen molar-refractivity contribution in [2.45, 2.75) is 6.92 Å². The summed E-state index contributed by atoms with van der Waals surface area (Å²) in [5, 5.41) is 1.92. The van der Waals surface area contributed by atoms with Gasteiger partial charge in [-0.05, 0) is 60.5 Å². The topological polar surface area (TPSA) is 43.6 Å². The Hall–Kier alpha value is -2.99. The number of ether oxygens (including phenoxy) is 1. The summed E-state index contributed by atoms with van der Waals surface area (Å²) < 4.78 is 20.3. The number of carbonyl (C=O) groups excluding carboxylic acids is 1. The number of hydrogen-bond acceptors (Lipinski definition) is 4. The Balaban J connectivity index is 1.91. The molecule has 0 spiro atoms. The van der Waals surface area contributed by atoms with E-state index in [0.29, 0.717) is 11.4 Å². The number of rotatable bonds is 4. The number of aldehydes is 1. The first-order valence-electron chi connectivity index (χ1n) is 7.98. The van der Waals surface area contributed by atoms with Crippen LogP contribution < -0.4 is 4.74 Å². The quantitative estimate of drug-likeness (QED) is 0.478. The first-order chi connectivity index (χ1) is 12.6. The van der Waals surface area contributed by atoms with Crippen LogP contribution >= 0.6 is 11.3 Å². The number of benzene rings is 2. The summed E-state index contributed by atoms with van der Waals surface area (Å²) in [6.07, 6.45) is 0.814. The van der Waals surface area contributed by atoms with E-state index in [1.807, 2.05) is 34.9 Å². The molecule has 2 aromatic carbocycles. The molecule has 2 aromatic heterocycles. The highest BCUT2D eigenvalue weighted by atomic mass is 32.1. The summed E-state index contributed by atoms with van der Waals surface area (Å²) in [6.45, 7) is 1.95. The highest BCUT2D eigenvalue weighted by Crippen LogP contribution is 2.33. The highest BCUT2D eigenvalue weighted by molar-refractivity contribution is 7.15. The van der Waals surface area contributed by atoms with E-state index in [9.17, 15) is 9.18 Å². The van der Waals surface area contributed by atoms with Gasteiger partial charge in [0, 0.05) is 10.9 Å². The molecule has 2 heterocycles. The molecule has 0 amide bonds. The summed E-state index contributed by atoms with van der Waals surface area (Å²) >= 11 is 1.44. The maximum Gasteiger partial charge on any atom is 0.195 e. The second-order valence-corrected chi connectivity index (χ2v) is 6.73. The lowest BCUT2D eigenvalue weighted by Crippen LogP contribution is -1.95. The van der Waals surface area contributed by atoms with Crippen LogP contribution in [0.3, 0.4) is 0 Å². The predicted molar refractivity (Wildman–Crippen MR) is 101 cm³/mol. The summed E-state index contributed by atoms with van der Waals surface area (Å²) in [5.41, 5.74) is 4.57. The van der Waals surface area contributed by atoms with E-state index in [0.717, 1.165) is 39.4 Å². The van der Waals surface area contributed by atoms with Gasteiger partial charge in [0.05, 0.1) is 12.8 Å². The molecule has 0 bridgehead atoms. The molecule has 0 atom stereocenters. The Morgan fingerprint density at radius 1 is 1.15 bits per heavy atom. The van der Waals surface area contributed by atoms with E-state index in [1.54, 1.807) is 19.2 Å². The van der Waals surface area contributed by atoms with Crippen molar-refractivity contribution in [3.63, 3.8) is 0 Å². The van der Waals surface area contributed by atoms with Crippen LogP contribution in [0.1, 0.15) is 16.1 Å². The summed E-state index contributed by atoms with van der Waals surface area (Å²) in [7, 11) is 1.63. The van der Waals surface area contributed by atoms with Crippen LogP contribution in [0.4, 0.5) is 4.39 Å². The third kappa shape index (κ3) is 2.59. The van der Waals surface area contributed by atoms with Crippen molar-refractivity contribution >= 4 is 22.6 Å². The number of imidazole rings is 1. The summed E-state index contributed by atoms with van der Waals surface area (Å²) in [5.74, 6) is 0.491. The maximum absolute atomic E-state index is 13.2. The Labute approximate surface area is 153 Å². The number of nitrogens with zero attached hydrogens (tertiary/aromatic N) is 2. The van der Waals surface area contributed by atoms with Gasteiger partial charge in [-0.2, -0.15) is 0 Å². The van der Waals surface area contributed by atoms with E-state index < -0.39 is 0 Å². The van der Waals surface area contributed by atoms with Crippen LogP contribution in [0.2, 0.25) is 0 Å². The molecule has 0 fully saturated rings. The lowest BCUT2D eigenvalue weighted by atomic mass is 10.1. The van der Waals surface area contributed by atoms with Gasteiger partial charge in [-0.3, -0.25) is 9.20 Å². The molecule has 4 rings (SSSR count). The second kappa shape index (κ2) is 6.38. The van der Waals surface area contributed by atoms with Gasteiger partial charge in [0.1, 0.15) is 23.0 Å².